The maximum Gasteiger partial charge on any atom is 0.235 e. The van der Waals surface area contributed by atoms with Crippen molar-refractivity contribution in [2.75, 3.05) is 0 Å². The Hall–Kier alpha value is -11.3. The van der Waals surface area contributed by atoms with Gasteiger partial charge in [-0.25, -0.2) is 9.97 Å². The van der Waals surface area contributed by atoms with E-state index in [2.05, 4.69) is 309 Å². The van der Waals surface area contributed by atoms with Gasteiger partial charge in [0.25, 0.3) is 0 Å². The highest BCUT2D eigenvalue weighted by Gasteiger charge is 2.22. The van der Waals surface area contributed by atoms with Crippen LogP contribution in [0.4, 0.5) is 0 Å². The molecule has 0 saturated carbocycles. The highest BCUT2D eigenvalue weighted by Crippen LogP contribution is 2.42. The molecule has 18 aromatic rings. The van der Waals surface area contributed by atoms with E-state index in [1.807, 2.05) is 0 Å². The molecule has 6 heteroatoms. The summed E-state index contributed by atoms with van der Waals surface area (Å²) in [5.74, 6) is 0.626. The zero-order chi connectivity index (χ0) is 55.0. The van der Waals surface area contributed by atoms with E-state index < -0.39 is 0 Å². The minimum atomic E-state index is 0.626. The van der Waals surface area contributed by atoms with Crippen LogP contribution >= 0.6 is 0 Å². The Kier molecular flexibility index (Phi) is 9.99. The first-order valence-corrected chi connectivity index (χ1v) is 28.7. The Balaban J connectivity index is 0.782. The van der Waals surface area contributed by atoms with Gasteiger partial charge in [-0.2, -0.15) is 0 Å². The third-order valence-electron chi connectivity index (χ3n) is 17.5. The summed E-state index contributed by atoms with van der Waals surface area (Å²) in [6, 6.07) is 106. The number of hydrogen-bond acceptors (Lipinski definition) is 2. The second-order valence-corrected chi connectivity index (χ2v) is 22.1. The molecular formula is C78H48N6. The summed E-state index contributed by atoms with van der Waals surface area (Å²) in [7, 11) is 0. The molecule has 0 N–H and O–H groups in total. The number of aromatic nitrogens is 6. The summed E-state index contributed by atoms with van der Waals surface area (Å²) < 4.78 is 9.43. The van der Waals surface area contributed by atoms with E-state index in [4.69, 9.17) is 9.97 Å². The molecule has 13 aromatic carbocycles. The van der Waals surface area contributed by atoms with Gasteiger partial charge in [0, 0.05) is 76.5 Å². The van der Waals surface area contributed by atoms with Crippen LogP contribution in [0, 0.1) is 0 Å². The summed E-state index contributed by atoms with van der Waals surface area (Å²) in [6.07, 6.45) is 0. The predicted octanol–water partition coefficient (Wildman–Crippen LogP) is 20.2. The zero-order valence-electron chi connectivity index (χ0n) is 45.4. The normalized spacial score (nSPS) is 12.0. The van der Waals surface area contributed by atoms with Crippen molar-refractivity contribution in [2.24, 2.45) is 0 Å². The van der Waals surface area contributed by atoms with Gasteiger partial charge >= 0.3 is 0 Å². The van der Waals surface area contributed by atoms with Crippen LogP contribution in [0.25, 0.3) is 165 Å². The number of nitrogens with zero attached hydrogens (tertiary/aromatic N) is 6. The summed E-state index contributed by atoms with van der Waals surface area (Å²) in [4.78, 5) is 11.3. The molecule has 0 aliphatic rings. The van der Waals surface area contributed by atoms with Crippen LogP contribution in [-0.4, -0.2) is 28.2 Å². The molecule has 0 amide bonds. The highest BCUT2D eigenvalue weighted by molar-refractivity contribution is 6.16. The highest BCUT2D eigenvalue weighted by atomic mass is 15.2. The predicted molar refractivity (Wildman–Crippen MR) is 351 cm³/mol. The number of rotatable bonds is 7. The number of benzene rings is 13. The topological polar surface area (TPSA) is 45.5 Å². The monoisotopic (exact) mass is 1070 g/mol. The summed E-state index contributed by atoms with van der Waals surface area (Å²) in [5, 5.41) is 12.8. The van der Waals surface area contributed by atoms with Crippen LogP contribution in [-0.2, 0) is 0 Å². The van der Waals surface area contributed by atoms with E-state index in [0.29, 0.717) is 5.95 Å². The van der Waals surface area contributed by atoms with Crippen LogP contribution in [0.2, 0.25) is 0 Å². The second kappa shape index (κ2) is 18.1. The van der Waals surface area contributed by atoms with E-state index in [9.17, 15) is 0 Å². The van der Waals surface area contributed by atoms with E-state index in [1.165, 1.54) is 65.5 Å². The van der Waals surface area contributed by atoms with Gasteiger partial charge in [0.1, 0.15) is 0 Å². The van der Waals surface area contributed by atoms with Gasteiger partial charge in [-0.3, -0.25) is 4.57 Å². The van der Waals surface area contributed by atoms with Crippen LogP contribution in [0.15, 0.2) is 291 Å². The molecule has 5 heterocycles. The van der Waals surface area contributed by atoms with Crippen LogP contribution < -0.4 is 0 Å². The first-order chi connectivity index (χ1) is 41.7. The fraction of sp³-hybridized carbons (Fsp3) is 0. The maximum absolute atomic E-state index is 5.68. The quantitative estimate of drug-likeness (QED) is 0.149. The molecule has 390 valence electrons. The molecule has 0 saturated heterocycles. The maximum atomic E-state index is 5.68. The van der Waals surface area contributed by atoms with E-state index >= 15 is 0 Å². The first kappa shape index (κ1) is 46.4. The van der Waals surface area contributed by atoms with Gasteiger partial charge in [0.2, 0.25) is 5.95 Å². The van der Waals surface area contributed by atoms with Crippen LogP contribution in [0.3, 0.4) is 0 Å². The van der Waals surface area contributed by atoms with Crippen LogP contribution in [0.1, 0.15) is 0 Å². The SMILES string of the molecule is c1ccc(-n2c3ccccc3c3cc(-c4ccc5c(c4)c4ccccc4n5-c4cccc(-c5nc(-n6c7ccccc7c7cc(-c8ccc9c(c8)c8ccccc8n9-c8ccccc8)ccc76)nc6c5ccc5ccccc56)c4)ccc32)cc1. The van der Waals surface area contributed by atoms with Gasteiger partial charge in [-0.1, -0.05) is 176 Å². The van der Waals surface area contributed by atoms with Crippen molar-refractivity contribution >= 4 is 109 Å². The lowest BCUT2D eigenvalue weighted by Crippen LogP contribution is -2.04. The third kappa shape index (κ3) is 6.92. The molecule has 18 rings (SSSR count). The van der Waals surface area contributed by atoms with E-state index in [1.54, 1.807) is 0 Å². The van der Waals surface area contributed by atoms with Crippen LogP contribution in [0.5, 0.6) is 0 Å². The lowest BCUT2D eigenvalue weighted by molar-refractivity contribution is 1.01. The summed E-state index contributed by atoms with van der Waals surface area (Å²) in [5.41, 5.74) is 20.0. The Labute approximate surface area is 482 Å². The van der Waals surface area contributed by atoms with Gasteiger partial charge in [-0.05, 0) is 143 Å². The Morgan fingerprint density at radius 1 is 0.202 bits per heavy atom. The fourth-order valence-electron chi connectivity index (χ4n) is 13.8. The average molecular weight is 1070 g/mol. The lowest BCUT2D eigenvalue weighted by Gasteiger charge is -2.15. The molecule has 0 unspecified atom stereocenters. The molecular weight excluding hydrogens is 1020 g/mol. The minimum Gasteiger partial charge on any atom is -0.309 e. The Morgan fingerprint density at radius 3 is 1.05 bits per heavy atom. The third-order valence-corrected chi connectivity index (χ3v) is 17.5. The summed E-state index contributed by atoms with van der Waals surface area (Å²) >= 11 is 0. The van der Waals surface area contributed by atoms with Crippen molar-refractivity contribution in [1.29, 1.82) is 0 Å². The van der Waals surface area contributed by atoms with Gasteiger partial charge in [0.05, 0.1) is 55.3 Å². The molecule has 0 spiro atoms. The van der Waals surface area contributed by atoms with Gasteiger partial charge in [0.15, 0.2) is 0 Å². The fourth-order valence-corrected chi connectivity index (χ4v) is 13.8. The average Bonchev–Trinajstić information content (AvgIpc) is 4.41. The van der Waals surface area contributed by atoms with E-state index in [-0.39, 0.29) is 0 Å². The molecule has 5 aromatic heterocycles. The van der Waals surface area contributed by atoms with E-state index in [0.717, 1.165) is 94.0 Å². The number of fused-ring (bicyclic) bond motifs is 15. The smallest absolute Gasteiger partial charge is 0.235 e. The Morgan fingerprint density at radius 2 is 0.571 bits per heavy atom. The molecule has 0 bridgehead atoms. The Bertz CT molecular complexity index is 5740. The van der Waals surface area contributed by atoms with Gasteiger partial charge in [-0.15, -0.1) is 0 Å². The van der Waals surface area contributed by atoms with Crippen molar-refractivity contribution in [2.45, 2.75) is 0 Å². The molecule has 6 nitrogen and oxygen atoms in total. The van der Waals surface area contributed by atoms with Gasteiger partial charge < -0.3 is 13.7 Å². The van der Waals surface area contributed by atoms with Crippen molar-refractivity contribution in [3.63, 3.8) is 0 Å². The molecule has 0 aliphatic carbocycles. The molecule has 0 fully saturated rings. The largest absolute Gasteiger partial charge is 0.309 e. The molecule has 0 radical (unpaired) electrons. The molecule has 84 heavy (non-hydrogen) atoms. The second-order valence-electron chi connectivity index (χ2n) is 22.1. The first-order valence-electron chi connectivity index (χ1n) is 28.7. The number of hydrogen-bond donors (Lipinski definition) is 0. The van der Waals surface area contributed by atoms with Crippen molar-refractivity contribution in [3.05, 3.63) is 291 Å². The molecule has 0 aliphatic heterocycles. The molecule has 0 atom stereocenters. The lowest BCUT2D eigenvalue weighted by atomic mass is 10.0. The van der Waals surface area contributed by atoms with Crippen molar-refractivity contribution in [1.82, 2.24) is 28.2 Å². The zero-order valence-corrected chi connectivity index (χ0v) is 45.4. The summed E-state index contributed by atoms with van der Waals surface area (Å²) in [6.45, 7) is 0. The standard InChI is InChI=1S/C78H48N6/c1-3-20-55(21-4-1)81-68-30-13-9-26-59(68)64-45-50(35-40-72(64)81)52-37-42-74-66(47-52)61-28-11-15-32-70(61)83(74)57-24-17-19-54(44-57)76-63-39-34-49-18-7-8-25-58(49)77(63)80-78(79-76)84-71-33-16-12-29-62(71)67-48-53(38-43-75(67)84)51-36-41-73-65(46-51)60-27-10-14-31-69(60)82(73)56-22-5-2-6-23-56/h1-48H. The van der Waals surface area contributed by atoms with Crippen molar-refractivity contribution < 1.29 is 0 Å². The number of para-hydroxylation sites is 6. The minimum absolute atomic E-state index is 0.626. The van der Waals surface area contributed by atoms with Crippen molar-refractivity contribution in [3.8, 4) is 56.5 Å².